The third kappa shape index (κ3) is 4.42. The number of fused-ring (bicyclic) bond motifs is 1. The lowest BCUT2D eigenvalue weighted by Gasteiger charge is -2.47. The number of carbonyl (C=O) groups is 2. The Labute approximate surface area is 170 Å². The summed E-state index contributed by atoms with van der Waals surface area (Å²) in [6.45, 7) is 4.43. The summed E-state index contributed by atoms with van der Waals surface area (Å²) in [5.74, 6) is 0.564. The van der Waals surface area contributed by atoms with Gasteiger partial charge < -0.3 is 21.3 Å². The van der Waals surface area contributed by atoms with Crippen molar-refractivity contribution in [1.82, 2.24) is 14.8 Å². The Morgan fingerprint density at radius 1 is 1.35 bits per heavy atom. The number of hydrogen-bond acceptors (Lipinski definition) is 6. The largest absolute Gasteiger partial charge is 0.375 e. The number of thiazole rings is 1. The molecule has 26 heavy (non-hydrogen) atoms. The van der Waals surface area contributed by atoms with Gasteiger partial charge in [0, 0.05) is 38.6 Å². The summed E-state index contributed by atoms with van der Waals surface area (Å²) in [5, 5.41) is 0.447. The Hall–Kier alpha value is -1.09. The summed E-state index contributed by atoms with van der Waals surface area (Å²) >= 11 is 1.27. The number of aromatic nitrogens is 1. The van der Waals surface area contributed by atoms with Crippen LogP contribution in [0.15, 0.2) is 0 Å². The molecular weight excluding hydrogens is 397 g/mol. The van der Waals surface area contributed by atoms with Crippen LogP contribution in [0.1, 0.15) is 41.6 Å². The number of nitrogens with zero attached hydrogens (tertiary/aromatic N) is 3. The number of hydrogen-bond donors (Lipinski definition) is 2. The van der Waals surface area contributed by atoms with Crippen molar-refractivity contribution in [3.63, 3.8) is 0 Å². The van der Waals surface area contributed by atoms with E-state index in [2.05, 4.69) is 4.98 Å². The van der Waals surface area contributed by atoms with Crippen molar-refractivity contribution in [3.8, 4) is 0 Å². The van der Waals surface area contributed by atoms with E-state index in [4.69, 9.17) is 11.5 Å². The standard InChI is InChI=1S/C16H25N5O2S.2ClH/c1-2-11-14(24-16(18)19-11)15(23)20-7-5-12-10(9-20)3-4-13(22)21(12)8-6-17;;/h10,12H,2-9,17H2,1H3,(H2,18,19);2*1H/t10-,12+;;/m0../s1. The third-order valence-corrected chi connectivity index (χ3v) is 5.96. The van der Waals surface area contributed by atoms with Crippen LogP contribution in [-0.4, -0.2) is 58.8 Å². The van der Waals surface area contributed by atoms with Gasteiger partial charge in [0.15, 0.2) is 5.13 Å². The van der Waals surface area contributed by atoms with Crippen molar-refractivity contribution in [1.29, 1.82) is 0 Å². The highest BCUT2D eigenvalue weighted by atomic mass is 35.5. The molecular formula is C16H27Cl2N5O2S. The molecule has 3 heterocycles. The molecule has 2 aliphatic heterocycles. The molecule has 7 nitrogen and oxygen atoms in total. The summed E-state index contributed by atoms with van der Waals surface area (Å²) in [7, 11) is 0. The van der Waals surface area contributed by atoms with Crippen LogP contribution in [0, 0.1) is 5.92 Å². The highest BCUT2D eigenvalue weighted by Crippen LogP contribution is 2.32. The molecule has 2 saturated heterocycles. The van der Waals surface area contributed by atoms with Crippen LogP contribution in [0.4, 0.5) is 5.13 Å². The maximum atomic E-state index is 12.9. The molecule has 10 heteroatoms. The third-order valence-electron chi connectivity index (χ3n) is 5.04. The summed E-state index contributed by atoms with van der Waals surface area (Å²) in [5.41, 5.74) is 12.2. The van der Waals surface area contributed by atoms with E-state index in [0.717, 1.165) is 18.5 Å². The van der Waals surface area contributed by atoms with Gasteiger partial charge in [0.05, 0.1) is 5.69 Å². The lowest BCUT2D eigenvalue weighted by atomic mass is 9.83. The topological polar surface area (TPSA) is 106 Å². The van der Waals surface area contributed by atoms with Crippen LogP contribution in [0.25, 0.3) is 0 Å². The fourth-order valence-electron chi connectivity index (χ4n) is 3.89. The average Bonchev–Trinajstić information content (AvgIpc) is 2.97. The fourth-order valence-corrected chi connectivity index (χ4v) is 4.77. The molecule has 0 bridgehead atoms. The van der Waals surface area contributed by atoms with Gasteiger partial charge in [-0.1, -0.05) is 18.3 Å². The van der Waals surface area contributed by atoms with Gasteiger partial charge in [-0.3, -0.25) is 9.59 Å². The van der Waals surface area contributed by atoms with E-state index < -0.39 is 0 Å². The molecule has 0 unspecified atom stereocenters. The first-order valence-electron chi connectivity index (χ1n) is 8.59. The molecule has 0 radical (unpaired) electrons. The normalized spacial score (nSPS) is 22.3. The lowest BCUT2D eigenvalue weighted by molar-refractivity contribution is -0.140. The average molecular weight is 424 g/mol. The SMILES string of the molecule is CCc1nc(N)sc1C(=O)N1CC[C@@H]2[C@@H](CCC(=O)N2CCN)C1.Cl.Cl. The molecule has 0 aliphatic carbocycles. The molecule has 148 valence electrons. The molecule has 0 saturated carbocycles. The second-order valence-corrected chi connectivity index (χ2v) is 7.49. The summed E-state index contributed by atoms with van der Waals surface area (Å²) < 4.78 is 0. The van der Waals surface area contributed by atoms with Gasteiger partial charge in [0.2, 0.25) is 5.91 Å². The van der Waals surface area contributed by atoms with E-state index >= 15 is 0 Å². The first-order chi connectivity index (χ1) is 11.5. The van der Waals surface area contributed by atoms with Crippen molar-refractivity contribution < 1.29 is 9.59 Å². The number of likely N-dealkylation sites (tertiary alicyclic amines) is 2. The van der Waals surface area contributed by atoms with E-state index in [1.807, 2.05) is 16.7 Å². The Morgan fingerprint density at radius 3 is 2.73 bits per heavy atom. The maximum absolute atomic E-state index is 12.9. The number of piperidine rings is 2. The molecule has 0 spiro atoms. The Balaban J connectivity index is 0.00000169. The minimum Gasteiger partial charge on any atom is -0.375 e. The van der Waals surface area contributed by atoms with Gasteiger partial charge >= 0.3 is 0 Å². The predicted molar refractivity (Wildman–Crippen MR) is 108 cm³/mol. The zero-order valence-corrected chi connectivity index (χ0v) is 17.3. The van der Waals surface area contributed by atoms with Crippen LogP contribution in [0.2, 0.25) is 0 Å². The predicted octanol–water partition coefficient (Wildman–Crippen LogP) is 1.54. The molecule has 1 aromatic heterocycles. The van der Waals surface area contributed by atoms with Gasteiger partial charge in [0.1, 0.15) is 4.88 Å². The van der Waals surface area contributed by atoms with Crippen LogP contribution in [0.5, 0.6) is 0 Å². The minimum absolute atomic E-state index is 0. The van der Waals surface area contributed by atoms with Crippen LogP contribution >= 0.6 is 36.2 Å². The van der Waals surface area contributed by atoms with Crippen molar-refractivity contribution in [2.45, 2.75) is 38.6 Å². The number of nitrogens with two attached hydrogens (primary N) is 2. The number of nitrogen functional groups attached to an aromatic ring is 1. The van der Waals surface area contributed by atoms with Crippen molar-refractivity contribution in [3.05, 3.63) is 10.6 Å². The summed E-state index contributed by atoms with van der Waals surface area (Å²) in [6, 6.07) is 0.219. The number of anilines is 1. The van der Waals surface area contributed by atoms with Crippen LogP contribution in [-0.2, 0) is 11.2 Å². The molecule has 4 N–H and O–H groups in total. The Kier molecular flexibility index (Phi) is 8.59. The number of aryl methyl sites for hydroxylation is 1. The van der Waals surface area contributed by atoms with Gasteiger partial charge in [-0.25, -0.2) is 4.98 Å². The highest BCUT2D eigenvalue weighted by Gasteiger charge is 2.40. The summed E-state index contributed by atoms with van der Waals surface area (Å²) in [4.78, 5) is 33.8. The van der Waals surface area contributed by atoms with Crippen molar-refractivity contribution >= 4 is 53.1 Å². The first-order valence-corrected chi connectivity index (χ1v) is 9.40. The fraction of sp³-hybridized carbons (Fsp3) is 0.688. The Morgan fingerprint density at radius 2 is 2.08 bits per heavy atom. The second-order valence-electron chi connectivity index (χ2n) is 6.46. The molecule has 0 aromatic carbocycles. The van der Waals surface area contributed by atoms with Gasteiger partial charge in [0.25, 0.3) is 5.91 Å². The van der Waals surface area contributed by atoms with Crippen LogP contribution in [0.3, 0.4) is 0 Å². The molecule has 2 aliphatic rings. The number of rotatable bonds is 4. The molecule has 2 amide bonds. The molecule has 3 rings (SSSR count). The first kappa shape index (κ1) is 23.0. The van der Waals surface area contributed by atoms with E-state index in [0.29, 0.717) is 54.9 Å². The molecule has 2 atom stereocenters. The maximum Gasteiger partial charge on any atom is 0.265 e. The monoisotopic (exact) mass is 423 g/mol. The van der Waals surface area contributed by atoms with E-state index in [1.165, 1.54) is 11.3 Å². The van der Waals surface area contributed by atoms with E-state index in [-0.39, 0.29) is 42.7 Å². The zero-order chi connectivity index (χ0) is 17.3. The quantitative estimate of drug-likeness (QED) is 0.763. The molecule has 1 aromatic rings. The molecule has 2 fully saturated rings. The van der Waals surface area contributed by atoms with E-state index in [9.17, 15) is 9.59 Å². The zero-order valence-electron chi connectivity index (χ0n) is 14.8. The highest BCUT2D eigenvalue weighted by molar-refractivity contribution is 7.17. The number of carbonyl (C=O) groups excluding carboxylic acids is 2. The van der Waals surface area contributed by atoms with Crippen molar-refractivity contribution in [2.24, 2.45) is 11.7 Å². The van der Waals surface area contributed by atoms with E-state index in [1.54, 1.807) is 0 Å². The number of halogens is 2. The summed E-state index contributed by atoms with van der Waals surface area (Å²) in [6.07, 6.45) is 2.92. The minimum atomic E-state index is 0. The van der Waals surface area contributed by atoms with Gasteiger partial charge in [-0.2, -0.15) is 0 Å². The van der Waals surface area contributed by atoms with Crippen molar-refractivity contribution in [2.75, 3.05) is 31.9 Å². The smallest absolute Gasteiger partial charge is 0.265 e. The lowest BCUT2D eigenvalue weighted by Crippen LogP contribution is -2.57. The Bertz CT molecular complexity index is 642. The van der Waals surface area contributed by atoms with Gasteiger partial charge in [-0.05, 0) is 25.2 Å². The van der Waals surface area contributed by atoms with Gasteiger partial charge in [-0.15, -0.1) is 24.8 Å². The number of amides is 2. The van der Waals surface area contributed by atoms with Crippen LogP contribution < -0.4 is 11.5 Å². The second kappa shape index (κ2) is 9.73.